The van der Waals surface area contributed by atoms with Gasteiger partial charge in [-0.15, -0.1) is 11.3 Å². The third-order valence-electron chi connectivity index (χ3n) is 2.15. The summed E-state index contributed by atoms with van der Waals surface area (Å²) in [6.07, 6.45) is 0.920. The van der Waals surface area contributed by atoms with E-state index >= 15 is 0 Å². The zero-order valence-corrected chi connectivity index (χ0v) is 11.0. The maximum Gasteiger partial charge on any atom is 0.303 e. The van der Waals surface area contributed by atoms with Gasteiger partial charge in [0.15, 0.2) is 5.13 Å². The molecule has 18 heavy (non-hydrogen) atoms. The fourth-order valence-corrected chi connectivity index (χ4v) is 2.08. The Morgan fingerprint density at radius 2 is 2.22 bits per heavy atom. The van der Waals surface area contributed by atoms with Gasteiger partial charge in [-0.25, -0.2) is 4.98 Å². The second-order valence-electron chi connectivity index (χ2n) is 3.67. The van der Waals surface area contributed by atoms with Crippen LogP contribution in [0.3, 0.4) is 0 Å². The van der Waals surface area contributed by atoms with Crippen molar-refractivity contribution in [2.45, 2.75) is 26.2 Å². The number of carbonyl (C=O) groups excluding carboxylic acids is 1. The molecule has 0 radical (unpaired) electrons. The number of aliphatic carboxylic acids is 1. The smallest absolute Gasteiger partial charge is 0.303 e. The van der Waals surface area contributed by atoms with Crippen LogP contribution in [0.4, 0.5) is 5.13 Å². The van der Waals surface area contributed by atoms with E-state index < -0.39 is 5.97 Å². The first-order chi connectivity index (χ1) is 8.61. The van der Waals surface area contributed by atoms with Crippen molar-refractivity contribution in [2.24, 2.45) is 0 Å². The quantitative estimate of drug-likeness (QED) is 0.658. The van der Waals surface area contributed by atoms with Gasteiger partial charge in [0.05, 0.1) is 12.1 Å². The molecule has 0 aromatic carbocycles. The largest absolute Gasteiger partial charge is 0.481 e. The maximum atomic E-state index is 11.2. The minimum absolute atomic E-state index is 0.00709. The van der Waals surface area contributed by atoms with Gasteiger partial charge in [0.1, 0.15) is 0 Å². The number of aromatic nitrogens is 1. The zero-order valence-electron chi connectivity index (χ0n) is 10.2. The third kappa shape index (κ3) is 5.62. The SMILES string of the molecule is CCNC(=O)CCNc1nc(CCC(=O)O)cs1. The molecule has 7 heteroatoms. The highest BCUT2D eigenvalue weighted by Gasteiger charge is 2.05. The summed E-state index contributed by atoms with van der Waals surface area (Å²) in [5.74, 6) is -0.818. The first-order valence-corrected chi connectivity index (χ1v) is 6.66. The minimum atomic E-state index is -0.825. The Morgan fingerprint density at radius 1 is 1.44 bits per heavy atom. The maximum absolute atomic E-state index is 11.2. The molecule has 1 rings (SSSR count). The van der Waals surface area contributed by atoms with E-state index in [9.17, 15) is 9.59 Å². The molecule has 1 aromatic rings. The summed E-state index contributed by atoms with van der Waals surface area (Å²) in [5.41, 5.74) is 0.767. The van der Waals surface area contributed by atoms with Crippen molar-refractivity contribution in [2.75, 3.05) is 18.4 Å². The molecule has 0 spiro atoms. The lowest BCUT2D eigenvalue weighted by Gasteiger charge is -2.02. The van der Waals surface area contributed by atoms with Crippen molar-refractivity contribution in [1.82, 2.24) is 10.3 Å². The summed E-state index contributed by atoms with van der Waals surface area (Å²) in [5, 5.41) is 16.9. The number of thiazole rings is 1. The number of carbonyl (C=O) groups is 2. The Balaban J connectivity index is 2.26. The highest BCUT2D eigenvalue weighted by atomic mass is 32.1. The lowest BCUT2D eigenvalue weighted by atomic mass is 10.2. The van der Waals surface area contributed by atoms with E-state index in [4.69, 9.17) is 5.11 Å². The van der Waals surface area contributed by atoms with Crippen molar-refractivity contribution in [3.63, 3.8) is 0 Å². The van der Waals surface area contributed by atoms with E-state index in [1.165, 1.54) is 11.3 Å². The first-order valence-electron chi connectivity index (χ1n) is 5.78. The normalized spacial score (nSPS) is 10.1. The van der Waals surface area contributed by atoms with Crippen LogP contribution in [0.25, 0.3) is 0 Å². The number of anilines is 1. The number of amides is 1. The average Bonchev–Trinajstić information content (AvgIpc) is 2.75. The highest BCUT2D eigenvalue weighted by molar-refractivity contribution is 7.13. The first kappa shape index (κ1) is 14.4. The topological polar surface area (TPSA) is 91.3 Å². The molecule has 1 heterocycles. The van der Waals surface area contributed by atoms with E-state index in [-0.39, 0.29) is 12.3 Å². The Bertz CT molecular complexity index is 406. The van der Waals surface area contributed by atoms with Gasteiger partial charge in [-0.3, -0.25) is 9.59 Å². The van der Waals surface area contributed by atoms with E-state index in [1.54, 1.807) is 0 Å². The van der Waals surface area contributed by atoms with Gasteiger partial charge < -0.3 is 15.7 Å². The third-order valence-corrected chi connectivity index (χ3v) is 3.00. The van der Waals surface area contributed by atoms with E-state index in [2.05, 4.69) is 15.6 Å². The lowest BCUT2D eigenvalue weighted by Crippen LogP contribution is -2.24. The highest BCUT2D eigenvalue weighted by Crippen LogP contribution is 2.16. The molecule has 0 aliphatic rings. The van der Waals surface area contributed by atoms with Gasteiger partial charge >= 0.3 is 5.97 Å². The van der Waals surface area contributed by atoms with Gasteiger partial charge in [-0.05, 0) is 6.92 Å². The van der Waals surface area contributed by atoms with Crippen molar-refractivity contribution in [1.29, 1.82) is 0 Å². The second kappa shape index (κ2) is 7.65. The molecule has 0 atom stereocenters. The summed E-state index contributed by atoms with van der Waals surface area (Å²) < 4.78 is 0. The fraction of sp³-hybridized carbons (Fsp3) is 0.545. The number of nitrogens with one attached hydrogen (secondary N) is 2. The van der Waals surface area contributed by atoms with Crippen molar-refractivity contribution < 1.29 is 14.7 Å². The van der Waals surface area contributed by atoms with Gasteiger partial charge in [0.25, 0.3) is 0 Å². The van der Waals surface area contributed by atoms with Crippen LogP contribution in [0.1, 0.15) is 25.5 Å². The molecule has 100 valence electrons. The molecule has 1 amide bonds. The van der Waals surface area contributed by atoms with Gasteiger partial charge in [-0.1, -0.05) is 0 Å². The number of carboxylic acid groups (broad SMARTS) is 1. The van der Waals surface area contributed by atoms with Crippen LogP contribution >= 0.6 is 11.3 Å². The Kier molecular flexibility index (Phi) is 6.13. The second-order valence-corrected chi connectivity index (χ2v) is 4.53. The molecule has 3 N–H and O–H groups in total. The predicted molar refractivity (Wildman–Crippen MR) is 69.9 cm³/mol. The molecular formula is C11H17N3O3S. The molecule has 0 saturated carbocycles. The van der Waals surface area contributed by atoms with Crippen LogP contribution in [0.2, 0.25) is 0 Å². The molecule has 0 aliphatic heterocycles. The zero-order chi connectivity index (χ0) is 13.4. The van der Waals surface area contributed by atoms with E-state index in [0.717, 1.165) is 10.8 Å². The minimum Gasteiger partial charge on any atom is -0.481 e. The molecule has 6 nitrogen and oxygen atoms in total. The summed E-state index contributed by atoms with van der Waals surface area (Å²) >= 11 is 1.42. The molecule has 0 bridgehead atoms. The van der Waals surface area contributed by atoms with Gasteiger partial charge in [-0.2, -0.15) is 0 Å². The van der Waals surface area contributed by atoms with Crippen LogP contribution in [-0.2, 0) is 16.0 Å². The van der Waals surface area contributed by atoms with Crippen molar-refractivity contribution in [3.8, 4) is 0 Å². The number of rotatable bonds is 8. The number of aryl methyl sites for hydroxylation is 1. The van der Waals surface area contributed by atoms with Crippen LogP contribution in [0.5, 0.6) is 0 Å². The number of hydrogen-bond donors (Lipinski definition) is 3. The van der Waals surface area contributed by atoms with E-state index in [1.807, 2.05) is 12.3 Å². The number of hydrogen-bond acceptors (Lipinski definition) is 5. The van der Waals surface area contributed by atoms with Crippen LogP contribution in [-0.4, -0.2) is 35.1 Å². The fourth-order valence-electron chi connectivity index (χ4n) is 1.31. The molecule has 0 fully saturated rings. The average molecular weight is 271 g/mol. The summed E-state index contributed by atoms with van der Waals surface area (Å²) in [6.45, 7) is 3.04. The van der Waals surface area contributed by atoms with Crippen molar-refractivity contribution >= 4 is 28.3 Å². The molecule has 0 unspecified atom stereocenters. The van der Waals surface area contributed by atoms with Crippen LogP contribution in [0.15, 0.2) is 5.38 Å². The molecule has 0 aliphatic carbocycles. The summed E-state index contributed by atoms with van der Waals surface area (Å²) in [4.78, 5) is 25.8. The molecule has 1 aromatic heterocycles. The standard InChI is InChI=1S/C11H17N3O3S/c1-2-12-9(15)5-6-13-11-14-8(7-18-11)3-4-10(16)17/h7H,2-6H2,1H3,(H,12,15)(H,13,14)(H,16,17). The Labute approximate surface area is 109 Å². The molecule has 0 saturated heterocycles. The monoisotopic (exact) mass is 271 g/mol. The van der Waals surface area contributed by atoms with Gasteiger partial charge in [0, 0.05) is 31.3 Å². The molecular weight excluding hydrogens is 254 g/mol. The Hall–Kier alpha value is -1.63. The summed E-state index contributed by atoms with van der Waals surface area (Å²) in [6, 6.07) is 0. The van der Waals surface area contributed by atoms with Crippen LogP contribution in [0, 0.1) is 0 Å². The Morgan fingerprint density at radius 3 is 2.89 bits per heavy atom. The predicted octanol–water partition coefficient (Wildman–Crippen LogP) is 1.10. The number of carboxylic acids is 1. The summed E-state index contributed by atoms with van der Waals surface area (Å²) in [7, 11) is 0. The van der Waals surface area contributed by atoms with Crippen molar-refractivity contribution in [3.05, 3.63) is 11.1 Å². The van der Waals surface area contributed by atoms with E-state index in [0.29, 0.717) is 25.9 Å². The van der Waals surface area contributed by atoms with Gasteiger partial charge in [0.2, 0.25) is 5.91 Å². The lowest BCUT2D eigenvalue weighted by molar-refractivity contribution is -0.137. The van der Waals surface area contributed by atoms with Crippen LogP contribution < -0.4 is 10.6 Å². The number of nitrogens with zero attached hydrogens (tertiary/aromatic N) is 1.